The maximum Gasteiger partial charge on any atom is 0.161 e. The van der Waals surface area contributed by atoms with E-state index in [9.17, 15) is 13.6 Å². The van der Waals surface area contributed by atoms with E-state index in [1.54, 1.807) is 12.1 Å². The van der Waals surface area contributed by atoms with Gasteiger partial charge in [-0.2, -0.15) is 0 Å². The molecule has 0 aliphatic rings. The summed E-state index contributed by atoms with van der Waals surface area (Å²) in [6, 6.07) is 6.32. The molecule has 1 aromatic carbocycles. The number of Topliss-reactive ketones (excluding diaryl/α,β-unsaturated/α-hetero) is 1. The fourth-order valence-electron chi connectivity index (χ4n) is 1.47. The molecule has 2 nitrogen and oxygen atoms in total. The van der Waals surface area contributed by atoms with Crippen molar-refractivity contribution in [1.29, 1.82) is 0 Å². The van der Waals surface area contributed by atoms with E-state index in [0.29, 0.717) is 16.8 Å². The van der Waals surface area contributed by atoms with Crippen LogP contribution in [0.2, 0.25) is 0 Å². The highest BCUT2D eigenvalue weighted by Gasteiger charge is 2.05. The van der Waals surface area contributed by atoms with Crippen molar-refractivity contribution in [2.45, 2.75) is 6.92 Å². The first-order valence-corrected chi connectivity index (χ1v) is 5.00. The Kier molecular flexibility index (Phi) is 2.95. The number of halogens is 2. The minimum absolute atomic E-state index is 0.102. The molecular weight excluding hydrogens is 224 g/mol. The van der Waals surface area contributed by atoms with Crippen molar-refractivity contribution in [3.63, 3.8) is 0 Å². The number of pyridine rings is 1. The van der Waals surface area contributed by atoms with E-state index in [-0.39, 0.29) is 5.78 Å². The molecule has 86 valence electrons. The van der Waals surface area contributed by atoms with Gasteiger partial charge in [0, 0.05) is 23.4 Å². The van der Waals surface area contributed by atoms with E-state index in [0.717, 1.165) is 6.07 Å². The molecule has 0 spiro atoms. The monoisotopic (exact) mass is 233 g/mol. The van der Waals surface area contributed by atoms with E-state index in [1.165, 1.54) is 25.3 Å². The molecule has 0 fully saturated rings. The number of rotatable bonds is 2. The largest absolute Gasteiger partial charge is 0.294 e. The van der Waals surface area contributed by atoms with Crippen molar-refractivity contribution >= 4 is 5.78 Å². The van der Waals surface area contributed by atoms with E-state index in [4.69, 9.17) is 0 Å². The van der Waals surface area contributed by atoms with Crippen LogP contribution in [0.5, 0.6) is 0 Å². The first-order chi connectivity index (χ1) is 8.06. The van der Waals surface area contributed by atoms with Gasteiger partial charge in [0.15, 0.2) is 5.78 Å². The zero-order chi connectivity index (χ0) is 12.4. The van der Waals surface area contributed by atoms with Gasteiger partial charge in [0.2, 0.25) is 0 Å². The van der Waals surface area contributed by atoms with Crippen molar-refractivity contribution in [1.82, 2.24) is 4.98 Å². The second-order valence-corrected chi connectivity index (χ2v) is 3.65. The lowest BCUT2D eigenvalue weighted by Gasteiger charge is -2.02. The summed E-state index contributed by atoms with van der Waals surface area (Å²) in [5.41, 5.74) is 1.23. The molecule has 17 heavy (non-hydrogen) atoms. The lowest BCUT2D eigenvalue weighted by molar-refractivity contribution is 0.101. The number of carbonyl (C=O) groups excluding carboxylic acids is 1. The summed E-state index contributed by atoms with van der Waals surface area (Å²) in [7, 11) is 0. The van der Waals surface area contributed by atoms with Crippen LogP contribution in [-0.2, 0) is 0 Å². The van der Waals surface area contributed by atoms with E-state index in [1.807, 2.05) is 0 Å². The Morgan fingerprint density at radius 3 is 2.24 bits per heavy atom. The molecule has 0 atom stereocenters. The molecule has 0 saturated carbocycles. The number of ketones is 1. The number of aromatic nitrogens is 1. The van der Waals surface area contributed by atoms with Crippen LogP contribution < -0.4 is 0 Å². The molecule has 0 amide bonds. The highest BCUT2D eigenvalue weighted by molar-refractivity contribution is 5.93. The van der Waals surface area contributed by atoms with Crippen molar-refractivity contribution in [3.05, 3.63) is 53.7 Å². The second-order valence-electron chi connectivity index (χ2n) is 3.65. The summed E-state index contributed by atoms with van der Waals surface area (Å²) in [5.74, 6) is -1.41. The molecule has 1 heterocycles. The number of nitrogens with zero attached hydrogens (tertiary/aromatic N) is 1. The zero-order valence-corrected chi connectivity index (χ0v) is 9.08. The molecule has 2 aromatic rings. The quantitative estimate of drug-likeness (QED) is 0.745. The Labute approximate surface area is 96.9 Å². The van der Waals surface area contributed by atoms with Crippen LogP contribution in [0.4, 0.5) is 8.78 Å². The molecule has 2 rings (SSSR count). The topological polar surface area (TPSA) is 30.0 Å². The van der Waals surface area contributed by atoms with Crippen LogP contribution in [0.15, 0.2) is 36.5 Å². The van der Waals surface area contributed by atoms with Gasteiger partial charge in [-0.3, -0.25) is 9.78 Å². The van der Waals surface area contributed by atoms with Crippen LogP contribution >= 0.6 is 0 Å². The third kappa shape index (κ3) is 2.53. The number of hydrogen-bond acceptors (Lipinski definition) is 2. The summed E-state index contributed by atoms with van der Waals surface area (Å²) < 4.78 is 26.0. The smallest absolute Gasteiger partial charge is 0.161 e. The van der Waals surface area contributed by atoms with Crippen LogP contribution in [-0.4, -0.2) is 10.8 Å². The van der Waals surface area contributed by atoms with Crippen LogP contribution in [0.3, 0.4) is 0 Å². The second kappa shape index (κ2) is 4.41. The van der Waals surface area contributed by atoms with Crippen LogP contribution in [0, 0.1) is 11.6 Å². The SMILES string of the molecule is CC(=O)c1ccc(-c2cc(F)cc(F)c2)nc1. The van der Waals surface area contributed by atoms with Gasteiger partial charge >= 0.3 is 0 Å². The fourth-order valence-corrected chi connectivity index (χ4v) is 1.47. The third-order valence-corrected chi connectivity index (χ3v) is 2.33. The average molecular weight is 233 g/mol. The van der Waals surface area contributed by atoms with Crippen molar-refractivity contribution < 1.29 is 13.6 Å². The van der Waals surface area contributed by atoms with Crippen molar-refractivity contribution in [2.75, 3.05) is 0 Å². The molecule has 1 aromatic heterocycles. The molecule has 0 unspecified atom stereocenters. The standard InChI is InChI=1S/C13H9F2NO/c1-8(17)9-2-3-13(16-7-9)10-4-11(14)6-12(15)5-10/h2-7H,1H3. The highest BCUT2D eigenvalue weighted by atomic mass is 19.1. The summed E-state index contributed by atoms with van der Waals surface area (Å²) in [6.07, 6.45) is 1.39. The average Bonchev–Trinajstić information content (AvgIpc) is 2.28. The number of benzene rings is 1. The lowest BCUT2D eigenvalue weighted by atomic mass is 10.1. The van der Waals surface area contributed by atoms with Gasteiger partial charge in [-0.25, -0.2) is 8.78 Å². The van der Waals surface area contributed by atoms with Crippen molar-refractivity contribution in [2.24, 2.45) is 0 Å². The first kappa shape index (κ1) is 11.4. The summed E-state index contributed by atoms with van der Waals surface area (Å²) in [6.45, 7) is 1.43. The summed E-state index contributed by atoms with van der Waals surface area (Å²) >= 11 is 0. The first-order valence-electron chi connectivity index (χ1n) is 5.00. The molecule has 0 radical (unpaired) electrons. The Hall–Kier alpha value is -2.10. The van der Waals surface area contributed by atoms with Gasteiger partial charge in [0.25, 0.3) is 0 Å². The summed E-state index contributed by atoms with van der Waals surface area (Å²) in [4.78, 5) is 15.0. The predicted molar refractivity (Wildman–Crippen MR) is 59.6 cm³/mol. The highest BCUT2D eigenvalue weighted by Crippen LogP contribution is 2.19. The number of hydrogen-bond donors (Lipinski definition) is 0. The number of carbonyl (C=O) groups is 1. The lowest BCUT2D eigenvalue weighted by Crippen LogP contribution is -1.94. The zero-order valence-electron chi connectivity index (χ0n) is 9.08. The van der Waals surface area contributed by atoms with Gasteiger partial charge < -0.3 is 0 Å². The van der Waals surface area contributed by atoms with Crippen molar-refractivity contribution in [3.8, 4) is 11.3 Å². The van der Waals surface area contributed by atoms with Crippen LogP contribution in [0.25, 0.3) is 11.3 Å². The molecule has 0 N–H and O–H groups in total. The summed E-state index contributed by atoms with van der Waals surface area (Å²) in [5, 5.41) is 0. The predicted octanol–water partition coefficient (Wildman–Crippen LogP) is 3.23. The molecule has 0 bridgehead atoms. The third-order valence-electron chi connectivity index (χ3n) is 2.33. The van der Waals surface area contributed by atoms with Crippen LogP contribution in [0.1, 0.15) is 17.3 Å². The van der Waals surface area contributed by atoms with Gasteiger partial charge in [-0.1, -0.05) is 0 Å². The molecular formula is C13H9F2NO. The Bertz CT molecular complexity index is 544. The maximum atomic E-state index is 13.0. The Morgan fingerprint density at radius 1 is 1.12 bits per heavy atom. The molecule has 0 aliphatic heterocycles. The normalized spacial score (nSPS) is 10.3. The van der Waals surface area contributed by atoms with Gasteiger partial charge in [0.1, 0.15) is 11.6 Å². The fraction of sp³-hybridized carbons (Fsp3) is 0.0769. The molecule has 0 aliphatic carbocycles. The molecule has 0 saturated heterocycles. The molecule has 4 heteroatoms. The minimum atomic E-state index is -0.655. The van der Waals surface area contributed by atoms with E-state index >= 15 is 0 Å². The maximum absolute atomic E-state index is 13.0. The van der Waals surface area contributed by atoms with Gasteiger partial charge in [-0.15, -0.1) is 0 Å². The van der Waals surface area contributed by atoms with E-state index in [2.05, 4.69) is 4.98 Å². The van der Waals surface area contributed by atoms with E-state index < -0.39 is 11.6 Å². The Morgan fingerprint density at radius 2 is 1.76 bits per heavy atom. The van der Waals surface area contributed by atoms with Gasteiger partial charge in [-0.05, 0) is 31.2 Å². The Balaban J connectivity index is 2.43. The van der Waals surface area contributed by atoms with Gasteiger partial charge in [0.05, 0.1) is 5.69 Å². The minimum Gasteiger partial charge on any atom is -0.294 e.